The van der Waals surface area contributed by atoms with Gasteiger partial charge in [-0.2, -0.15) is 0 Å². The molecule has 1 N–H and O–H groups in total. The van der Waals surface area contributed by atoms with Crippen molar-refractivity contribution in [1.82, 2.24) is 20.1 Å². The second-order valence-electron chi connectivity index (χ2n) is 5.29. The van der Waals surface area contributed by atoms with Crippen molar-refractivity contribution in [3.8, 4) is 0 Å². The summed E-state index contributed by atoms with van der Waals surface area (Å²) in [5.41, 5.74) is 0. The third-order valence-corrected chi connectivity index (χ3v) is 4.27. The summed E-state index contributed by atoms with van der Waals surface area (Å²) in [7, 11) is 0. The van der Waals surface area contributed by atoms with Crippen LogP contribution in [0.5, 0.6) is 0 Å². The molecule has 0 saturated heterocycles. The number of rotatable bonds is 4. The lowest BCUT2D eigenvalue weighted by Gasteiger charge is -2.34. The fraction of sp³-hybridized carbons (Fsp3) is 0.846. The monoisotopic (exact) mass is 236 g/mol. The van der Waals surface area contributed by atoms with Gasteiger partial charge < -0.3 is 9.88 Å². The third-order valence-electron chi connectivity index (χ3n) is 4.27. The summed E-state index contributed by atoms with van der Waals surface area (Å²) in [5.74, 6) is 2.66. The number of hydrogen-bond donors (Lipinski definition) is 1. The zero-order valence-electron chi connectivity index (χ0n) is 11.2. The Morgan fingerprint density at radius 1 is 1.41 bits per heavy atom. The second-order valence-corrected chi connectivity index (χ2v) is 5.29. The van der Waals surface area contributed by atoms with Crippen molar-refractivity contribution in [1.29, 1.82) is 0 Å². The van der Waals surface area contributed by atoms with Gasteiger partial charge in [0.15, 0.2) is 0 Å². The normalized spacial score (nSPS) is 29.5. The molecule has 3 atom stereocenters. The first-order valence-electron chi connectivity index (χ1n) is 6.82. The van der Waals surface area contributed by atoms with Crippen molar-refractivity contribution in [2.24, 2.45) is 11.8 Å². The lowest BCUT2D eigenvalue weighted by molar-refractivity contribution is 0.204. The number of hydrogen-bond acceptors (Lipinski definition) is 3. The van der Waals surface area contributed by atoms with Gasteiger partial charge in [-0.15, -0.1) is 10.2 Å². The van der Waals surface area contributed by atoms with Crippen LogP contribution in [0.4, 0.5) is 0 Å². The van der Waals surface area contributed by atoms with E-state index in [-0.39, 0.29) is 0 Å². The molecule has 4 heteroatoms. The van der Waals surface area contributed by atoms with Crippen LogP contribution in [0.15, 0.2) is 6.33 Å². The van der Waals surface area contributed by atoms with Gasteiger partial charge in [0.25, 0.3) is 0 Å². The molecule has 96 valence electrons. The summed E-state index contributed by atoms with van der Waals surface area (Å²) in [4.78, 5) is 0. The average Bonchev–Trinajstić information content (AvgIpc) is 2.78. The first-order chi connectivity index (χ1) is 8.22. The SMILES string of the molecule is CCn1cnnc1CN[C@@H]1CCC[C@@H](C)[C@@H]1C. The van der Waals surface area contributed by atoms with Crippen molar-refractivity contribution in [2.45, 2.75) is 59.2 Å². The molecule has 0 amide bonds. The predicted octanol–water partition coefficient (Wildman–Crippen LogP) is 2.21. The second kappa shape index (κ2) is 5.63. The van der Waals surface area contributed by atoms with Crippen molar-refractivity contribution >= 4 is 0 Å². The van der Waals surface area contributed by atoms with Crippen LogP contribution < -0.4 is 5.32 Å². The number of aryl methyl sites for hydroxylation is 1. The first kappa shape index (κ1) is 12.6. The fourth-order valence-corrected chi connectivity index (χ4v) is 2.77. The molecule has 1 aromatic heterocycles. The van der Waals surface area contributed by atoms with Crippen molar-refractivity contribution < 1.29 is 0 Å². The average molecular weight is 236 g/mol. The molecular formula is C13H24N4. The van der Waals surface area contributed by atoms with E-state index < -0.39 is 0 Å². The Hall–Kier alpha value is -0.900. The molecule has 0 unspecified atom stereocenters. The van der Waals surface area contributed by atoms with Gasteiger partial charge in [-0.05, 0) is 25.2 Å². The maximum Gasteiger partial charge on any atom is 0.146 e. The molecule has 0 bridgehead atoms. The summed E-state index contributed by atoms with van der Waals surface area (Å²) >= 11 is 0. The van der Waals surface area contributed by atoms with Crippen molar-refractivity contribution in [2.75, 3.05) is 0 Å². The molecule has 1 heterocycles. The lowest BCUT2D eigenvalue weighted by atomic mass is 9.78. The van der Waals surface area contributed by atoms with Crippen LogP contribution in [0.2, 0.25) is 0 Å². The lowest BCUT2D eigenvalue weighted by Crippen LogP contribution is -2.40. The van der Waals surface area contributed by atoms with E-state index in [0.29, 0.717) is 6.04 Å². The van der Waals surface area contributed by atoms with Crippen LogP contribution >= 0.6 is 0 Å². The number of nitrogens with one attached hydrogen (secondary N) is 1. The van der Waals surface area contributed by atoms with Gasteiger partial charge in [-0.1, -0.05) is 26.7 Å². The third kappa shape index (κ3) is 2.86. The van der Waals surface area contributed by atoms with E-state index in [1.54, 1.807) is 0 Å². The molecule has 1 saturated carbocycles. The highest BCUT2D eigenvalue weighted by molar-refractivity contribution is 4.88. The van der Waals surface area contributed by atoms with E-state index in [9.17, 15) is 0 Å². The number of aromatic nitrogens is 3. The van der Waals surface area contributed by atoms with Gasteiger partial charge in [0.2, 0.25) is 0 Å². The van der Waals surface area contributed by atoms with E-state index >= 15 is 0 Å². The zero-order chi connectivity index (χ0) is 12.3. The van der Waals surface area contributed by atoms with Gasteiger partial charge in [0.05, 0.1) is 6.54 Å². The quantitative estimate of drug-likeness (QED) is 0.871. The van der Waals surface area contributed by atoms with E-state index in [1.165, 1.54) is 19.3 Å². The largest absolute Gasteiger partial charge is 0.317 e. The van der Waals surface area contributed by atoms with E-state index in [1.807, 2.05) is 6.33 Å². The van der Waals surface area contributed by atoms with Gasteiger partial charge in [0.1, 0.15) is 12.2 Å². The Labute approximate surface area is 104 Å². The summed E-state index contributed by atoms with van der Waals surface area (Å²) < 4.78 is 2.10. The Morgan fingerprint density at radius 2 is 2.24 bits per heavy atom. The van der Waals surface area contributed by atoms with E-state index in [4.69, 9.17) is 0 Å². The molecule has 0 aromatic carbocycles. The molecule has 2 rings (SSSR count). The van der Waals surface area contributed by atoms with Crippen molar-refractivity contribution in [3.63, 3.8) is 0 Å². The van der Waals surface area contributed by atoms with Crippen LogP contribution in [-0.2, 0) is 13.1 Å². The minimum absolute atomic E-state index is 0.640. The van der Waals surface area contributed by atoms with Gasteiger partial charge in [-0.3, -0.25) is 0 Å². The maximum atomic E-state index is 4.17. The summed E-state index contributed by atoms with van der Waals surface area (Å²) in [6.45, 7) is 8.65. The van der Waals surface area contributed by atoms with Crippen LogP contribution in [0.3, 0.4) is 0 Å². The Morgan fingerprint density at radius 3 is 3.00 bits per heavy atom. The summed E-state index contributed by atoms with van der Waals surface area (Å²) in [5, 5.41) is 11.8. The van der Waals surface area contributed by atoms with Crippen LogP contribution in [0, 0.1) is 11.8 Å². The molecule has 17 heavy (non-hydrogen) atoms. The standard InChI is InChI=1S/C13H24N4/c1-4-17-9-15-16-13(17)8-14-12-7-5-6-10(2)11(12)3/h9-12,14H,4-8H2,1-3H3/t10-,11+,12-/m1/s1. The van der Waals surface area contributed by atoms with Gasteiger partial charge in [-0.25, -0.2) is 0 Å². The molecule has 1 fully saturated rings. The molecule has 1 aliphatic rings. The first-order valence-corrected chi connectivity index (χ1v) is 6.82. The maximum absolute atomic E-state index is 4.17. The molecule has 0 spiro atoms. The van der Waals surface area contributed by atoms with Crippen LogP contribution in [0.25, 0.3) is 0 Å². The molecular weight excluding hydrogens is 212 g/mol. The van der Waals surface area contributed by atoms with Crippen molar-refractivity contribution in [3.05, 3.63) is 12.2 Å². The highest BCUT2D eigenvalue weighted by Crippen LogP contribution is 2.29. The zero-order valence-corrected chi connectivity index (χ0v) is 11.2. The number of nitrogens with zero attached hydrogens (tertiary/aromatic N) is 3. The smallest absolute Gasteiger partial charge is 0.146 e. The Kier molecular flexibility index (Phi) is 4.15. The molecule has 0 radical (unpaired) electrons. The van der Waals surface area contributed by atoms with Crippen LogP contribution in [-0.4, -0.2) is 20.8 Å². The minimum atomic E-state index is 0.640. The van der Waals surface area contributed by atoms with E-state index in [0.717, 1.165) is 30.7 Å². The topological polar surface area (TPSA) is 42.7 Å². The molecule has 1 aromatic rings. The molecule has 4 nitrogen and oxygen atoms in total. The molecule has 1 aliphatic carbocycles. The van der Waals surface area contributed by atoms with E-state index in [2.05, 4.69) is 40.9 Å². The minimum Gasteiger partial charge on any atom is -0.317 e. The van der Waals surface area contributed by atoms with Crippen LogP contribution in [0.1, 0.15) is 45.9 Å². The summed E-state index contributed by atoms with van der Waals surface area (Å²) in [6.07, 6.45) is 5.84. The highest BCUT2D eigenvalue weighted by Gasteiger charge is 2.26. The van der Waals surface area contributed by atoms with Gasteiger partial charge in [0, 0.05) is 12.6 Å². The molecule has 0 aliphatic heterocycles. The summed E-state index contributed by atoms with van der Waals surface area (Å²) in [6, 6.07) is 0.640. The predicted molar refractivity (Wildman–Crippen MR) is 68.5 cm³/mol. The fourth-order valence-electron chi connectivity index (χ4n) is 2.77. The highest BCUT2D eigenvalue weighted by atomic mass is 15.3. The Bertz CT molecular complexity index is 347. The Balaban J connectivity index is 1.89. The van der Waals surface area contributed by atoms with Gasteiger partial charge >= 0.3 is 0 Å².